The maximum atomic E-state index is 0. The van der Waals surface area contributed by atoms with Crippen LogP contribution < -0.4 is 0 Å². The van der Waals surface area contributed by atoms with Gasteiger partial charge in [0.25, 0.3) is 0 Å². The van der Waals surface area contributed by atoms with E-state index in [1.165, 1.54) is 0 Å². The average molecular weight is 384 g/mol. The first-order chi connectivity index (χ1) is 0. The normalized spacial score (nSPS) is 0. The van der Waals surface area contributed by atoms with Gasteiger partial charge >= 0.3 is 27.3 Å². The molecular weight excluding hydrogens is 378 g/mol. The molecule has 5 heavy (non-hydrogen) atoms. The molecule has 0 rings (SSSR count). The Labute approximate surface area is 84.9 Å². The molecule has 0 bridgehead atoms. The Hall–Kier alpha value is 2.44. The Morgan fingerprint density at radius 2 is 0.800 bits per heavy atom. The Balaban J connectivity index is 0. The number of rotatable bonds is 0. The predicted molar refractivity (Wildman–Crippen MR) is 15.8 cm³/mol. The summed E-state index contributed by atoms with van der Waals surface area (Å²) in [5.41, 5.74) is 0. The fraction of sp³-hybridized carbons (Fsp3) is 0. The molecule has 0 aromatic heterocycles. The van der Waals surface area contributed by atoms with Crippen molar-refractivity contribution in [1.82, 2.24) is 0 Å². The molecule has 0 atom stereocenters. The third-order valence-electron chi connectivity index (χ3n) is 0. The third kappa shape index (κ3) is 21.3. The molecule has 0 saturated heterocycles. The van der Waals surface area contributed by atoms with E-state index in [0.29, 0.717) is 0 Å². The van der Waals surface area contributed by atoms with E-state index >= 15 is 0 Å². The van der Waals surface area contributed by atoms with Gasteiger partial charge in [-0.1, -0.05) is 0 Å². The molecule has 0 aliphatic heterocycles. The van der Waals surface area contributed by atoms with E-state index in [1.807, 2.05) is 0 Å². The van der Waals surface area contributed by atoms with Gasteiger partial charge in [-0.15, -0.1) is 0 Å². The summed E-state index contributed by atoms with van der Waals surface area (Å²) in [5, 5.41) is 0. The summed E-state index contributed by atoms with van der Waals surface area (Å²) in [7, 11) is 0. The van der Waals surface area contributed by atoms with E-state index in [0.717, 1.165) is 0 Å². The maximum Gasteiger partial charge on any atom is 0 e. The number of hydrogen-bond donors (Lipinski definition) is 0. The van der Waals surface area contributed by atoms with E-state index in [9.17, 15) is 0 Å². The molecule has 0 aliphatic rings. The van der Waals surface area contributed by atoms with Gasteiger partial charge in [0.05, 0.1) is 0 Å². The van der Waals surface area contributed by atoms with Crippen LogP contribution in [0.2, 0.25) is 0 Å². The van der Waals surface area contributed by atoms with Crippen LogP contribution in [0.25, 0.3) is 0 Å². The van der Waals surface area contributed by atoms with Gasteiger partial charge < -0.3 is 11.0 Å². The molecule has 0 aromatic carbocycles. The molecule has 4 N–H and O–H groups in total. The first-order valence-corrected chi connectivity index (χ1v) is 0. The van der Waals surface area contributed by atoms with Crippen molar-refractivity contribution in [2.24, 2.45) is 0 Å². The fourth-order valence-electron chi connectivity index (χ4n) is 0. The van der Waals surface area contributed by atoms with Crippen molar-refractivity contribution in [3.05, 3.63) is 0 Å². The standard InChI is InChI=1S/2H2O.Pb.Ti.Zr.2H/h2*1H2;;;;;. The maximum absolute atomic E-state index is 0. The van der Waals surface area contributed by atoms with Gasteiger partial charge in [-0.25, -0.2) is 0 Å². The molecule has 0 aromatic rings. The van der Waals surface area contributed by atoms with Crippen molar-refractivity contribution in [3.63, 3.8) is 0 Å². The van der Waals surface area contributed by atoms with Crippen molar-refractivity contribution < 1.29 is 58.9 Å². The average Bonchev–Trinajstić information content (AvgIpc) is 0. The molecule has 5 heteroatoms. The Bertz CT molecular complexity index is 9.61. The van der Waals surface area contributed by atoms with E-state index in [-0.39, 0.29) is 86.2 Å². The molecular formula is H6O2PbTiZr. The van der Waals surface area contributed by atoms with E-state index in [4.69, 9.17) is 0 Å². The van der Waals surface area contributed by atoms with E-state index in [1.54, 1.807) is 0 Å². The van der Waals surface area contributed by atoms with Crippen LogP contribution >= 0.6 is 0 Å². The molecule has 0 unspecified atom stereocenters. The van der Waals surface area contributed by atoms with Crippen molar-refractivity contribution in [2.75, 3.05) is 0 Å². The van der Waals surface area contributed by atoms with Crippen LogP contribution in [0.5, 0.6) is 0 Å². The van der Waals surface area contributed by atoms with Crippen molar-refractivity contribution >= 4 is 27.3 Å². The minimum atomic E-state index is 0. The molecule has 0 saturated carbocycles. The first kappa shape index (κ1) is 51.8. The summed E-state index contributed by atoms with van der Waals surface area (Å²) in [6.07, 6.45) is 0. The SMILES string of the molecule is O.O.[PbH2].[Ti].[Zr]. The quantitative estimate of drug-likeness (QED) is 0.413. The third-order valence-corrected chi connectivity index (χ3v) is 0. The summed E-state index contributed by atoms with van der Waals surface area (Å²) in [5.74, 6) is 0. The first-order valence-electron chi connectivity index (χ1n) is 0. The van der Waals surface area contributed by atoms with E-state index < -0.39 is 0 Å². The molecule has 0 aliphatic carbocycles. The number of hydrogen-bond acceptors (Lipinski definition) is 0. The second-order valence-electron chi connectivity index (χ2n) is 0. The van der Waals surface area contributed by atoms with Crippen LogP contribution in [-0.4, -0.2) is 38.3 Å². The molecule has 0 amide bonds. The Morgan fingerprint density at radius 1 is 0.800 bits per heavy atom. The van der Waals surface area contributed by atoms with Crippen LogP contribution in [0, 0.1) is 0 Å². The van der Waals surface area contributed by atoms with E-state index in [2.05, 4.69) is 0 Å². The van der Waals surface area contributed by atoms with Gasteiger partial charge in [0, 0.05) is 47.9 Å². The molecule has 0 spiro atoms. The van der Waals surface area contributed by atoms with Gasteiger partial charge in [-0.2, -0.15) is 0 Å². The topological polar surface area (TPSA) is 63.0 Å². The summed E-state index contributed by atoms with van der Waals surface area (Å²) in [6.45, 7) is 0. The van der Waals surface area contributed by atoms with Gasteiger partial charge in [0.2, 0.25) is 0 Å². The molecule has 2 nitrogen and oxygen atoms in total. The van der Waals surface area contributed by atoms with Gasteiger partial charge in [-0.05, 0) is 0 Å². The summed E-state index contributed by atoms with van der Waals surface area (Å²) in [4.78, 5) is 0. The van der Waals surface area contributed by atoms with Crippen LogP contribution in [0.15, 0.2) is 0 Å². The summed E-state index contributed by atoms with van der Waals surface area (Å²) < 4.78 is 0. The van der Waals surface area contributed by atoms with Crippen LogP contribution in [0.1, 0.15) is 0 Å². The van der Waals surface area contributed by atoms with Crippen molar-refractivity contribution in [1.29, 1.82) is 0 Å². The molecule has 30 valence electrons. The zero-order valence-electron chi connectivity index (χ0n) is 2.71. The zero-order valence-corrected chi connectivity index (χ0v) is 12.2. The smallest absolute Gasteiger partial charge is 0 e. The monoisotopic (exact) mass is 384 g/mol. The van der Waals surface area contributed by atoms with Crippen molar-refractivity contribution in [2.45, 2.75) is 0 Å². The van der Waals surface area contributed by atoms with Crippen molar-refractivity contribution in [3.8, 4) is 0 Å². The fourth-order valence-corrected chi connectivity index (χ4v) is 0. The Morgan fingerprint density at radius 3 is 0.800 bits per heavy atom. The molecule has 0 fully saturated rings. The van der Waals surface area contributed by atoms with Gasteiger partial charge in [-0.3, -0.25) is 0 Å². The molecule has 2 radical (unpaired) electrons. The summed E-state index contributed by atoms with van der Waals surface area (Å²) in [6, 6.07) is 0. The Kier molecular flexibility index (Phi) is 332. The van der Waals surface area contributed by atoms with Crippen LogP contribution in [0.3, 0.4) is 0 Å². The zero-order chi connectivity index (χ0) is 0. The predicted octanol–water partition coefficient (Wildman–Crippen LogP) is -2.57. The minimum absolute atomic E-state index is 0. The van der Waals surface area contributed by atoms with Crippen LogP contribution in [0.4, 0.5) is 0 Å². The summed E-state index contributed by atoms with van der Waals surface area (Å²) >= 11 is 0. The minimum Gasteiger partial charge on any atom is 0 e. The van der Waals surface area contributed by atoms with Gasteiger partial charge in [0.15, 0.2) is 0 Å². The molecule has 0 heterocycles. The second-order valence-corrected chi connectivity index (χ2v) is 0. The second kappa shape index (κ2) is 32.0. The van der Waals surface area contributed by atoms with Crippen LogP contribution in [-0.2, 0) is 47.9 Å². The largest absolute Gasteiger partial charge is 0 e. The van der Waals surface area contributed by atoms with Gasteiger partial charge in [0.1, 0.15) is 0 Å².